The van der Waals surface area contributed by atoms with E-state index in [2.05, 4.69) is 0 Å². The lowest BCUT2D eigenvalue weighted by atomic mass is 9.99. The second-order valence-corrected chi connectivity index (χ2v) is 10.3. The molecule has 34 heavy (non-hydrogen) atoms. The van der Waals surface area contributed by atoms with Gasteiger partial charge in [0.05, 0.1) is 22.9 Å². The van der Waals surface area contributed by atoms with Gasteiger partial charge in [-0.05, 0) is 73.2 Å². The number of hydrogen-bond acceptors (Lipinski definition) is 7. The molecule has 8 heteroatoms. The number of fused-ring (bicyclic) bond motifs is 1. The number of aliphatic hydroxyl groups is 1. The molecule has 1 aliphatic rings. The van der Waals surface area contributed by atoms with Crippen LogP contribution in [0, 0.1) is 20.8 Å². The molecule has 2 aromatic carbocycles. The maximum atomic E-state index is 13.3. The molecule has 1 saturated heterocycles. The van der Waals surface area contributed by atoms with Gasteiger partial charge in [0.1, 0.15) is 17.6 Å². The van der Waals surface area contributed by atoms with Crippen LogP contribution in [0.5, 0.6) is 5.75 Å². The Hall–Kier alpha value is -3.49. The van der Waals surface area contributed by atoms with E-state index in [1.54, 1.807) is 25.3 Å². The zero-order valence-electron chi connectivity index (χ0n) is 19.1. The number of aliphatic hydroxyl groups excluding tert-OH is 1. The van der Waals surface area contributed by atoms with E-state index in [1.165, 1.54) is 27.6 Å². The third kappa shape index (κ3) is 3.50. The fourth-order valence-corrected chi connectivity index (χ4v) is 6.38. The molecule has 1 aliphatic heterocycles. The van der Waals surface area contributed by atoms with Crippen LogP contribution in [0.15, 0.2) is 53.4 Å². The Morgan fingerprint density at radius 3 is 2.56 bits per heavy atom. The van der Waals surface area contributed by atoms with Gasteiger partial charge in [-0.25, -0.2) is 4.98 Å². The molecule has 2 aromatic heterocycles. The first-order chi connectivity index (χ1) is 16.3. The van der Waals surface area contributed by atoms with Gasteiger partial charge in [-0.3, -0.25) is 14.5 Å². The Labute approximate surface area is 204 Å². The Balaban J connectivity index is 1.71. The van der Waals surface area contributed by atoms with Gasteiger partial charge in [0.2, 0.25) is 0 Å². The topological polar surface area (TPSA) is 79.7 Å². The number of amides is 1. The Kier molecular flexibility index (Phi) is 5.50. The lowest BCUT2D eigenvalue weighted by molar-refractivity contribution is -0.132. The van der Waals surface area contributed by atoms with E-state index in [0.717, 1.165) is 31.8 Å². The number of aromatic nitrogens is 1. The van der Waals surface area contributed by atoms with E-state index in [4.69, 9.17) is 9.72 Å². The predicted octanol–water partition coefficient (Wildman–Crippen LogP) is 5.92. The number of ketones is 1. The Morgan fingerprint density at radius 1 is 1.09 bits per heavy atom. The van der Waals surface area contributed by atoms with E-state index in [1.807, 2.05) is 50.4 Å². The van der Waals surface area contributed by atoms with Crippen molar-refractivity contribution in [1.29, 1.82) is 0 Å². The van der Waals surface area contributed by atoms with Gasteiger partial charge in [-0.2, -0.15) is 0 Å². The van der Waals surface area contributed by atoms with Crippen LogP contribution < -0.4 is 9.64 Å². The molecule has 1 atom stereocenters. The van der Waals surface area contributed by atoms with Crippen molar-refractivity contribution >= 4 is 55.5 Å². The summed E-state index contributed by atoms with van der Waals surface area (Å²) in [4.78, 5) is 33.6. The molecular formula is C26H22N2O4S2. The van der Waals surface area contributed by atoms with Crippen LogP contribution >= 0.6 is 22.7 Å². The zero-order chi connectivity index (χ0) is 24.1. The molecule has 1 amide bonds. The monoisotopic (exact) mass is 490 g/mol. The lowest BCUT2D eigenvalue weighted by Gasteiger charge is -2.21. The van der Waals surface area contributed by atoms with Crippen LogP contribution in [0.3, 0.4) is 0 Å². The van der Waals surface area contributed by atoms with Crippen LogP contribution in [0.1, 0.15) is 33.2 Å². The van der Waals surface area contributed by atoms with Crippen LogP contribution in [0.4, 0.5) is 5.13 Å². The highest BCUT2D eigenvalue weighted by Gasteiger charge is 2.48. The summed E-state index contributed by atoms with van der Waals surface area (Å²) in [6, 6.07) is 12.2. The number of nitrogens with zero attached hydrogens (tertiary/aromatic N) is 2. The van der Waals surface area contributed by atoms with E-state index >= 15 is 0 Å². The number of methoxy groups -OCH3 is 1. The molecule has 172 valence electrons. The number of carbonyl (C=O) groups is 2. The number of thiophene rings is 1. The number of Topliss-reactive ketones (excluding diaryl/α,β-unsaturated/α-hetero) is 1. The van der Waals surface area contributed by atoms with Crippen molar-refractivity contribution in [3.05, 3.63) is 80.5 Å². The van der Waals surface area contributed by atoms with Crippen molar-refractivity contribution in [2.45, 2.75) is 26.8 Å². The molecule has 3 heterocycles. The van der Waals surface area contributed by atoms with Gasteiger partial charge in [-0.15, -0.1) is 11.3 Å². The number of rotatable bonds is 4. The zero-order valence-corrected chi connectivity index (χ0v) is 20.7. The van der Waals surface area contributed by atoms with Gasteiger partial charge in [-0.1, -0.05) is 23.5 Å². The smallest absolute Gasteiger partial charge is 0.301 e. The van der Waals surface area contributed by atoms with Crippen molar-refractivity contribution in [2.24, 2.45) is 0 Å². The molecular weight excluding hydrogens is 468 g/mol. The number of aryl methyl sites for hydroxylation is 3. The van der Waals surface area contributed by atoms with Crippen molar-refractivity contribution < 1.29 is 19.4 Å². The van der Waals surface area contributed by atoms with E-state index in [0.29, 0.717) is 16.4 Å². The molecule has 0 bridgehead atoms. The van der Waals surface area contributed by atoms with Crippen LogP contribution in [0.25, 0.3) is 16.0 Å². The molecule has 0 spiro atoms. The van der Waals surface area contributed by atoms with Crippen LogP contribution in [-0.4, -0.2) is 28.9 Å². The fraction of sp³-hybridized carbons (Fsp3) is 0.192. The van der Waals surface area contributed by atoms with Gasteiger partial charge in [0.25, 0.3) is 5.78 Å². The normalized spacial score (nSPS) is 17.6. The second kappa shape index (κ2) is 8.38. The molecule has 0 saturated carbocycles. The molecule has 6 nitrogen and oxygen atoms in total. The molecule has 4 aromatic rings. The number of hydrogen-bond donors (Lipinski definition) is 1. The third-order valence-corrected chi connectivity index (χ3v) is 7.88. The maximum absolute atomic E-state index is 13.3. The van der Waals surface area contributed by atoms with Gasteiger partial charge < -0.3 is 9.84 Å². The Morgan fingerprint density at radius 2 is 1.88 bits per heavy atom. The molecule has 1 fully saturated rings. The average molecular weight is 491 g/mol. The van der Waals surface area contributed by atoms with Gasteiger partial charge in [0.15, 0.2) is 5.13 Å². The highest BCUT2D eigenvalue weighted by Crippen LogP contribution is 2.46. The summed E-state index contributed by atoms with van der Waals surface area (Å²) in [5.74, 6) is -0.958. The minimum atomic E-state index is -0.760. The maximum Gasteiger partial charge on any atom is 0.301 e. The summed E-state index contributed by atoms with van der Waals surface area (Å²) in [6.07, 6.45) is 0. The number of ether oxygens (including phenoxy) is 1. The minimum absolute atomic E-state index is 0.0594. The van der Waals surface area contributed by atoms with Gasteiger partial charge in [0, 0.05) is 10.4 Å². The van der Waals surface area contributed by atoms with Crippen molar-refractivity contribution in [1.82, 2.24) is 4.98 Å². The average Bonchev–Trinajstić information content (AvgIpc) is 3.52. The molecule has 0 unspecified atom stereocenters. The standard InChI is InChI=1S/C26H22N2O4S2/c1-13-10-15(3)21-19(11-13)34-26(27-21)28-22(18-6-5-9-33-18)20(24(30)25(28)31)23(29)16-7-8-17(32-4)14(2)12-16/h5-12,22,29H,1-4H3/t22-/m0/s1. The summed E-state index contributed by atoms with van der Waals surface area (Å²) in [6.45, 7) is 5.85. The quantitative estimate of drug-likeness (QED) is 0.218. The molecule has 0 radical (unpaired) electrons. The summed E-state index contributed by atoms with van der Waals surface area (Å²) >= 11 is 2.80. The SMILES string of the molecule is COc1ccc(C(O)=C2C(=O)C(=O)N(c3nc4c(C)cc(C)cc4s3)[C@H]2c2cccs2)cc1C. The third-order valence-electron chi connectivity index (χ3n) is 5.95. The Bertz CT molecular complexity index is 1480. The van der Waals surface area contributed by atoms with Crippen molar-refractivity contribution in [3.63, 3.8) is 0 Å². The molecule has 0 aliphatic carbocycles. The first-order valence-electron chi connectivity index (χ1n) is 10.7. The minimum Gasteiger partial charge on any atom is -0.507 e. The second-order valence-electron chi connectivity index (χ2n) is 8.29. The first-order valence-corrected chi connectivity index (χ1v) is 12.4. The van der Waals surface area contributed by atoms with Crippen molar-refractivity contribution in [2.75, 3.05) is 12.0 Å². The largest absolute Gasteiger partial charge is 0.507 e. The summed E-state index contributed by atoms with van der Waals surface area (Å²) < 4.78 is 6.26. The van der Waals surface area contributed by atoms with E-state index < -0.39 is 17.7 Å². The summed E-state index contributed by atoms with van der Waals surface area (Å²) in [5.41, 5.74) is 4.24. The molecule has 1 N–H and O–H groups in total. The molecule has 5 rings (SSSR count). The summed E-state index contributed by atoms with van der Waals surface area (Å²) in [7, 11) is 1.57. The number of benzene rings is 2. The predicted molar refractivity (Wildman–Crippen MR) is 136 cm³/mol. The fourth-order valence-electron chi connectivity index (χ4n) is 4.39. The summed E-state index contributed by atoms with van der Waals surface area (Å²) in [5, 5.41) is 13.6. The highest BCUT2D eigenvalue weighted by atomic mass is 32.1. The number of anilines is 1. The first kappa shape index (κ1) is 22.3. The van der Waals surface area contributed by atoms with Crippen molar-refractivity contribution in [3.8, 4) is 5.75 Å². The van der Waals surface area contributed by atoms with E-state index in [-0.39, 0.29) is 11.3 Å². The number of carbonyl (C=O) groups excluding carboxylic acids is 2. The highest BCUT2D eigenvalue weighted by molar-refractivity contribution is 7.22. The van der Waals surface area contributed by atoms with E-state index in [9.17, 15) is 14.7 Å². The lowest BCUT2D eigenvalue weighted by Crippen LogP contribution is -2.28. The van der Waals surface area contributed by atoms with Crippen LogP contribution in [-0.2, 0) is 9.59 Å². The van der Waals surface area contributed by atoms with Crippen LogP contribution in [0.2, 0.25) is 0 Å². The van der Waals surface area contributed by atoms with Gasteiger partial charge >= 0.3 is 5.91 Å². The number of thiazole rings is 1.